The first-order chi connectivity index (χ1) is 8.59. The molecule has 1 fully saturated rings. The predicted octanol–water partition coefficient (Wildman–Crippen LogP) is 1.81. The number of rotatable bonds is 3. The van der Waals surface area contributed by atoms with Gasteiger partial charge in [0.25, 0.3) is 5.91 Å². The van der Waals surface area contributed by atoms with Crippen LogP contribution in [0.4, 0.5) is 5.69 Å². The number of anilines is 1. The number of carboxylic acids is 1. The summed E-state index contributed by atoms with van der Waals surface area (Å²) in [6.07, 6.45) is 1.07. The molecule has 0 spiro atoms. The molecule has 2 rings (SSSR count). The van der Waals surface area contributed by atoms with E-state index in [1.807, 2.05) is 0 Å². The van der Waals surface area contributed by atoms with Gasteiger partial charge in [0.1, 0.15) is 6.10 Å². The van der Waals surface area contributed by atoms with E-state index in [9.17, 15) is 9.59 Å². The zero-order valence-electron chi connectivity index (χ0n) is 10.1. The van der Waals surface area contributed by atoms with E-state index in [0.29, 0.717) is 18.7 Å². The number of carbonyl (C=O) groups excluding carboxylic acids is 1. The number of hydrogen-bond acceptors (Lipinski definition) is 3. The van der Waals surface area contributed by atoms with Gasteiger partial charge in [-0.1, -0.05) is 12.1 Å². The lowest BCUT2D eigenvalue weighted by molar-refractivity contribution is -0.124. The fourth-order valence-corrected chi connectivity index (χ4v) is 2.00. The van der Waals surface area contributed by atoms with Gasteiger partial charge in [-0.15, -0.1) is 0 Å². The highest BCUT2D eigenvalue weighted by Crippen LogP contribution is 2.22. The molecule has 1 aromatic rings. The number of aromatic carboxylic acids is 1. The van der Waals surface area contributed by atoms with Crippen molar-refractivity contribution in [2.75, 3.05) is 11.9 Å². The van der Waals surface area contributed by atoms with E-state index >= 15 is 0 Å². The molecule has 18 heavy (non-hydrogen) atoms. The van der Waals surface area contributed by atoms with Gasteiger partial charge in [0.2, 0.25) is 0 Å². The fraction of sp³-hybridized carbons (Fsp3) is 0.385. The van der Waals surface area contributed by atoms with E-state index < -0.39 is 12.1 Å². The van der Waals surface area contributed by atoms with Crippen molar-refractivity contribution in [3.8, 4) is 0 Å². The molecule has 1 saturated heterocycles. The van der Waals surface area contributed by atoms with Crippen LogP contribution in [-0.2, 0) is 9.53 Å². The molecule has 1 atom stereocenters. The standard InChI is InChI=1S/C13H15NO4/c1-8-4-2-5-9(13(16)17)11(8)14-12(15)10-6-3-7-18-10/h2,4-5,10H,3,6-7H2,1H3,(H,14,15)(H,16,17). The Hall–Kier alpha value is -1.88. The molecule has 2 N–H and O–H groups in total. The van der Waals surface area contributed by atoms with E-state index in [4.69, 9.17) is 9.84 Å². The molecule has 0 saturated carbocycles. The summed E-state index contributed by atoms with van der Waals surface area (Å²) in [6, 6.07) is 4.89. The molecule has 5 nitrogen and oxygen atoms in total. The molecule has 1 aliphatic rings. The molecular weight excluding hydrogens is 234 g/mol. The molecule has 0 bridgehead atoms. The highest BCUT2D eigenvalue weighted by atomic mass is 16.5. The maximum atomic E-state index is 11.9. The lowest BCUT2D eigenvalue weighted by atomic mass is 10.1. The van der Waals surface area contributed by atoms with Gasteiger partial charge in [0.05, 0.1) is 11.3 Å². The summed E-state index contributed by atoms with van der Waals surface area (Å²) in [5.74, 6) is -1.33. The predicted molar refractivity (Wildman–Crippen MR) is 65.7 cm³/mol. The van der Waals surface area contributed by atoms with Crippen molar-refractivity contribution in [1.82, 2.24) is 0 Å². The number of aryl methyl sites for hydroxylation is 1. The Morgan fingerprint density at radius 1 is 1.44 bits per heavy atom. The molecule has 0 aromatic heterocycles. The van der Waals surface area contributed by atoms with Gasteiger partial charge in [0, 0.05) is 6.61 Å². The summed E-state index contributed by atoms with van der Waals surface area (Å²) in [5.41, 5.74) is 1.17. The van der Waals surface area contributed by atoms with Crippen molar-refractivity contribution in [3.63, 3.8) is 0 Å². The van der Waals surface area contributed by atoms with Gasteiger partial charge >= 0.3 is 5.97 Å². The Balaban J connectivity index is 2.22. The van der Waals surface area contributed by atoms with E-state index in [1.54, 1.807) is 19.1 Å². The minimum absolute atomic E-state index is 0.0985. The number of amides is 1. The first-order valence-corrected chi connectivity index (χ1v) is 5.85. The summed E-state index contributed by atoms with van der Waals surface area (Å²) in [4.78, 5) is 23.0. The summed E-state index contributed by atoms with van der Waals surface area (Å²) in [5, 5.41) is 11.7. The van der Waals surface area contributed by atoms with Crippen LogP contribution in [-0.4, -0.2) is 29.7 Å². The Labute approximate surface area is 105 Å². The number of para-hydroxylation sites is 1. The SMILES string of the molecule is Cc1cccc(C(=O)O)c1NC(=O)C1CCCO1. The number of benzene rings is 1. The molecule has 0 radical (unpaired) electrons. The first kappa shape index (κ1) is 12.6. The van der Waals surface area contributed by atoms with Gasteiger partial charge in [-0.05, 0) is 31.4 Å². The van der Waals surface area contributed by atoms with Crippen LogP contribution >= 0.6 is 0 Å². The normalized spacial score (nSPS) is 18.6. The van der Waals surface area contributed by atoms with Crippen LogP contribution in [0.2, 0.25) is 0 Å². The van der Waals surface area contributed by atoms with Gasteiger partial charge in [-0.25, -0.2) is 4.79 Å². The van der Waals surface area contributed by atoms with Crippen LogP contribution in [0.1, 0.15) is 28.8 Å². The van der Waals surface area contributed by atoms with Gasteiger partial charge in [-0.2, -0.15) is 0 Å². The molecule has 1 heterocycles. The number of carbonyl (C=O) groups is 2. The quantitative estimate of drug-likeness (QED) is 0.856. The average molecular weight is 249 g/mol. The largest absolute Gasteiger partial charge is 0.478 e. The van der Waals surface area contributed by atoms with Gasteiger partial charge < -0.3 is 15.2 Å². The number of ether oxygens (including phenoxy) is 1. The van der Waals surface area contributed by atoms with E-state index in [0.717, 1.165) is 12.0 Å². The van der Waals surface area contributed by atoms with Gasteiger partial charge in [-0.3, -0.25) is 4.79 Å². The minimum Gasteiger partial charge on any atom is -0.478 e. The van der Waals surface area contributed by atoms with Crippen molar-refractivity contribution in [2.24, 2.45) is 0 Å². The van der Waals surface area contributed by atoms with Crippen molar-refractivity contribution >= 4 is 17.6 Å². The smallest absolute Gasteiger partial charge is 0.337 e. The van der Waals surface area contributed by atoms with Crippen LogP contribution in [0.3, 0.4) is 0 Å². The van der Waals surface area contributed by atoms with E-state index in [2.05, 4.69) is 5.32 Å². The number of nitrogens with one attached hydrogen (secondary N) is 1. The fourth-order valence-electron chi connectivity index (χ4n) is 2.00. The Morgan fingerprint density at radius 2 is 2.22 bits per heavy atom. The van der Waals surface area contributed by atoms with Gasteiger partial charge in [0.15, 0.2) is 0 Å². The third-order valence-corrected chi connectivity index (χ3v) is 2.97. The third-order valence-electron chi connectivity index (χ3n) is 2.97. The molecule has 0 aliphatic carbocycles. The highest BCUT2D eigenvalue weighted by molar-refractivity contribution is 6.02. The maximum absolute atomic E-state index is 11.9. The maximum Gasteiger partial charge on any atom is 0.337 e. The molecule has 1 aromatic carbocycles. The second-order valence-corrected chi connectivity index (χ2v) is 4.29. The molecule has 1 amide bonds. The first-order valence-electron chi connectivity index (χ1n) is 5.85. The van der Waals surface area contributed by atoms with Crippen molar-refractivity contribution in [3.05, 3.63) is 29.3 Å². The minimum atomic E-state index is -1.05. The second-order valence-electron chi connectivity index (χ2n) is 4.29. The van der Waals surface area contributed by atoms with Crippen LogP contribution in [0.5, 0.6) is 0 Å². The summed E-state index contributed by atoms with van der Waals surface area (Å²) >= 11 is 0. The molecule has 1 aliphatic heterocycles. The Morgan fingerprint density at radius 3 is 2.83 bits per heavy atom. The molecule has 1 unspecified atom stereocenters. The van der Waals surface area contributed by atoms with Crippen molar-refractivity contribution in [1.29, 1.82) is 0 Å². The highest BCUT2D eigenvalue weighted by Gasteiger charge is 2.25. The monoisotopic (exact) mass is 249 g/mol. The van der Waals surface area contributed by atoms with Crippen LogP contribution in [0, 0.1) is 6.92 Å². The Bertz CT molecular complexity index is 478. The third kappa shape index (κ3) is 2.51. The van der Waals surface area contributed by atoms with E-state index in [1.165, 1.54) is 6.07 Å². The second kappa shape index (κ2) is 5.18. The van der Waals surface area contributed by atoms with E-state index in [-0.39, 0.29) is 11.5 Å². The summed E-state index contributed by atoms with van der Waals surface area (Å²) in [6.45, 7) is 2.34. The summed E-state index contributed by atoms with van der Waals surface area (Å²) in [7, 11) is 0. The van der Waals surface area contributed by atoms with Crippen LogP contribution in [0.25, 0.3) is 0 Å². The average Bonchev–Trinajstić information content (AvgIpc) is 2.85. The molecular formula is C13H15NO4. The lowest BCUT2D eigenvalue weighted by Crippen LogP contribution is -2.28. The van der Waals surface area contributed by atoms with Crippen molar-refractivity contribution < 1.29 is 19.4 Å². The number of carboxylic acid groups (broad SMARTS) is 1. The topological polar surface area (TPSA) is 75.6 Å². The zero-order valence-corrected chi connectivity index (χ0v) is 10.1. The zero-order chi connectivity index (χ0) is 13.1. The lowest BCUT2D eigenvalue weighted by Gasteiger charge is -2.14. The van der Waals surface area contributed by atoms with Crippen LogP contribution in [0.15, 0.2) is 18.2 Å². The van der Waals surface area contributed by atoms with Crippen molar-refractivity contribution in [2.45, 2.75) is 25.9 Å². The van der Waals surface area contributed by atoms with Crippen LogP contribution < -0.4 is 5.32 Å². The Kier molecular flexibility index (Phi) is 3.62. The number of hydrogen-bond donors (Lipinski definition) is 2. The summed E-state index contributed by atoms with van der Waals surface area (Å²) < 4.78 is 5.27. The molecule has 96 valence electrons. The molecule has 5 heteroatoms.